The number of hydrogen-bond donors (Lipinski definition) is 2. The summed E-state index contributed by atoms with van der Waals surface area (Å²) in [4.78, 5) is 13.5. The van der Waals surface area contributed by atoms with E-state index >= 15 is 0 Å². The van der Waals surface area contributed by atoms with Crippen LogP contribution in [0.2, 0.25) is 5.02 Å². The first kappa shape index (κ1) is 19.7. The molecule has 4 aromatic rings. The van der Waals surface area contributed by atoms with Gasteiger partial charge in [-0.1, -0.05) is 29.8 Å². The molecule has 0 spiro atoms. The molecule has 2 N–H and O–H groups in total. The van der Waals surface area contributed by atoms with Crippen molar-refractivity contribution in [2.75, 3.05) is 24.9 Å². The Morgan fingerprint density at radius 3 is 2.67 bits per heavy atom. The summed E-state index contributed by atoms with van der Waals surface area (Å²) < 4.78 is 10.7. The molecule has 0 radical (unpaired) electrons. The number of fused-ring (bicyclic) bond motifs is 1. The van der Waals surface area contributed by atoms with Gasteiger partial charge >= 0.3 is 0 Å². The largest absolute Gasteiger partial charge is 0.497 e. The maximum absolute atomic E-state index is 6.21. The molecule has 4 rings (SSSR count). The molecule has 0 unspecified atom stereocenters. The van der Waals surface area contributed by atoms with Crippen LogP contribution >= 0.6 is 11.6 Å². The molecule has 0 fully saturated rings. The Balaban J connectivity index is 1.58. The van der Waals surface area contributed by atoms with Gasteiger partial charge in [-0.2, -0.15) is 0 Å². The van der Waals surface area contributed by atoms with Crippen LogP contribution in [0, 0.1) is 0 Å². The van der Waals surface area contributed by atoms with Crippen LogP contribution in [0.25, 0.3) is 10.9 Å². The van der Waals surface area contributed by atoms with Crippen molar-refractivity contribution in [1.29, 1.82) is 0 Å². The van der Waals surface area contributed by atoms with Crippen LogP contribution in [0.5, 0.6) is 11.5 Å². The highest BCUT2D eigenvalue weighted by molar-refractivity contribution is 6.31. The molecule has 2 heterocycles. The predicted octanol–water partition coefficient (Wildman–Crippen LogP) is 5.05. The standard InChI is InChI=1S/C22H20ClN5O2/c1-29-15-7-8-19(20(11-15)30-2)27-21-16-13-26-22(28-18(16)9-10-24-21)25-12-14-5-3-4-6-17(14)23/h3-11,13H,12H2,1-2H3,(H,24,27)(H,25,26,28). The number of pyridine rings is 1. The zero-order valence-corrected chi connectivity index (χ0v) is 17.3. The highest BCUT2D eigenvalue weighted by Crippen LogP contribution is 2.32. The Labute approximate surface area is 179 Å². The van der Waals surface area contributed by atoms with Crippen LogP contribution in [0.3, 0.4) is 0 Å². The number of hydrogen-bond acceptors (Lipinski definition) is 7. The third kappa shape index (κ3) is 4.21. The lowest BCUT2D eigenvalue weighted by molar-refractivity contribution is 0.395. The van der Waals surface area contributed by atoms with Gasteiger partial charge in [0.25, 0.3) is 0 Å². The molecule has 0 saturated heterocycles. The van der Waals surface area contributed by atoms with Crippen LogP contribution in [0.4, 0.5) is 17.5 Å². The van der Waals surface area contributed by atoms with Gasteiger partial charge in [-0.05, 0) is 29.8 Å². The second-order valence-corrected chi connectivity index (χ2v) is 6.83. The second kappa shape index (κ2) is 8.84. The van der Waals surface area contributed by atoms with E-state index in [-0.39, 0.29) is 0 Å². The molecule has 2 aromatic heterocycles. The quantitative estimate of drug-likeness (QED) is 0.432. The minimum Gasteiger partial charge on any atom is -0.497 e. The van der Waals surface area contributed by atoms with E-state index in [1.807, 2.05) is 42.5 Å². The number of halogens is 1. The summed E-state index contributed by atoms with van der Waals surface area (Å²) in [5, 5.41) is 8.00. The van der Waals surface area contributed by atoms with Crippen molar-refractivity contribution in [1.82, 2.24) is 15.0 Å². The first-order valence-electron chi connectivity index (χ1n) is 9.26. The summed E-state index contributed by atoms with van der Waals surface area (Å²) >= 11 is 6.21. The van der Waals surface area contributed by atoms with Crippen LogP contribution in [-0.4, -0.2) is 29.2 Å². The SMILES string of the molecule is COc1ccc(Nc2nccc3nc(NCc4ccccc4Cl)ncc23)c(OC)c1. The third-order valence-corrected chi connectivity index (χ3v) is 4.93. The van der Waals surface area contributed by atoms with Gasteiger partial charge in [0.05, 0.1) is 30.8 Å². The van der Waals surface area contributed by atoms with Gasteiger partial charge in [0.15, 0.2) is 0 Å². The number of rotatable bonds is 7. The summed E-state index contributed by atoms with van der Waals surface area (Å²) in [7, 11) is 3.22. The van der Waals surface area contributed by atoms with Gasteiger partial charge in [0.1, 0.15) is 17.3 Å². The lowest BCUT2D eigenvalue weighted by Crippen LogP contribution is -2.05. The number of benzene rings is 2. The van der Waals surface area contributed by atoms with Crippen molar-refractivity contribution in [3.8, 4) is 11.5 Å². The molecule has 7 nitrogen and oxygen atoms in total. The molecule has 0 saturated carbocycles. The maximum atomic E-state index is 6.21. The van der Waals surface area contributed by atoms with Crippen molar-refractivity contribution in [2.24, 2.45) is 0 Å². The molecule has 8 heteroatoms. The minimum atomic E-state index is 0.515. The Morgan fingerprint density at radius 2 is 1.87 bits per heavy atom. The van der Waals surface area contributed by atoms with Crippen LogP contribution in [0.1, 0.15) is 5.56 Å². The summed E-state index contributed by atoms with van der Waals surface area (Å²) in [5.41, 5.74) is 2.50. The fraction of sp³-hybridized carbons (Fsp3) is 0.136. The number of anilines is 3. The first-order valence-corrected chi connectivity index (χ1v) is 9.64. The van der Waals surface area contributed by atoms with Crippen molar-refractivity contribution >= 4 is 40.0 Å². The van der Waals surface area contributed by atoms with E-state index in [1.54, 1.807) is 32.7 Å². The average Bonchev–Trinajstić information content (AvgIpc) is 2.78. The number of nitrogens with zero attached hydrogens (tertiary/aromatic N) is 3. The Morgan fingerprint density at radius 1 is 1.00 bits per heavy atom. The number of nitrogens with one attached hydrogen (secondary N) is 2. The van der Waals surface area contributed by atoms with E-state index in [2.05, 4.69) is 25.6 Å². The smallest absolute Gasteiger partial charge is 0.223 e. The highest BCUT2D eigenvalue weighted by atomic mass is 35.5. The molecule has 0 amide bonds. The lowest BCUT2D eigenvalue weighted by Gasteiger charge is -2.13. The molecule has 0 aliphatic rings. The third-order valence-electron chi connectivity index (χ3n) is 4.57. The van der Waals surface area contributed by atoms with E-state index in [9.17, 15) is 0 Å². The van der Waals surface area contributed by atoms with Crippen LogP contribution in [-0.2, 0) is 6.54 Å². The second-order valence-electron chi connectivity index (χ2n) is 6.42. The molecule has 0 aliphatic carbocycles. The number of aromatic nitrogens is 3. The fourth-order valence-corrected chi connectivity index (χ4v) is 3.19. The maximum Gasteiger partial charge on any atom is 0.223 e. The topological polar surface area (TPSA) is 81.2 Å². The van der Waals surface area contributed by atoms with Gasteiger partial charge in [-0.3, -0.25) is 0 Å². The van der Waals surface area contributed by atoms with E-state index in [4.69, 9.17) is 21.1 Å². The predicted molar refractivity (Wildman–Crippen MR) is 119 cm³/mol. The van der Waals surface area contributed by atoms with Crippen LogP contribution in [0.15, 0.2) is 60.9 Å². The molecule has 152 valence electrons. The molecule has 2 aromatic carbocycles. The van der Waals surface area contributed by atoms with Crippen molar-refractivity contribution in [3.05, 3.63) is 71.5 Å². The van der Waals surface area contributed by atoms with E-state index < -0.39 is 0 Å². The summed E-state index contributed by atoms with van der Waals surface area (Å²) in [5.74, 6) is 2.50. The van der Waals surface area contributed by atoms with Crippen molar-refractivity contribution < 1.29 is 9.47 Å². The molecule has 0 atom stereocenters. The van der Waals surface area contributed by atoms with Crippen molar-refractivity contribution in [3.63, 3.8) is 0 Å². The lowest BCUT2D eigenvalue weighted by atomic mass is 10.2. The van der Waals surface area contributed by atoms with Crippen LogP contribution < -0.4 is 20.1 Å². The summed E-state index contributed by atoms with van der Waals surface area (Å²) in [6.45, 7) is 0.532. The molecule has 0 bridgehead atoms. The zero-order chi connectivity index (χ0) is 20.9. The van der Waals surface area contributed by atoms with Gasteiger partial charge in [0.2, 0.25) is 5.95 Å². The zero-order valence-electron chi connectivity index (χ0n) is 16.5. The van der Waals surface area contributed by atoms with E-state index in [0.717, 1.165) is 22.2 Å². The minimum absolute atomic E-state index is 0.515. The van der Waals surface area contributed by atoms with Gasteiger partial charge in [-0.15, -0.1) is 0 Å². The molecular formula is C22H20ClN5O2. The molecule has 0 aliphatic heterocycles. The van der Waals surface area contributed by atoms with E-state index in [1.165, 1.54) is 0 Å². The van der Waals surface area contributed by atoms with Gasteiger partial charge in [0, 0.05) is 30.0 Å². The van der Waals surface area contributed by atoms with Crippen molar-refractivity contribution in [2.45, 2.75) is 6.54 Å². The number of ether oxygens (including phenoxy) is 2. The average molecular weight is 422 g/mol. The summed E-state index contributed by atoms with van der Waals surface area (Å²) in [6.07, 6.45) is 3.44. The monoisotopic (exact) mass is 421 g/mol. The summed E-state index contributed by atoms with van der Waals surface area (Å²) in [6, 6.07) is 15.0. The fourth-order valence-electron chi connectivity index (χ4n) is 2.99. The normalized spacial score (nSPS) is 10.6. The Bertz CT molecular complexity index is 1190. The Kier molecular flexibility index (Phi) is 5.81. The van der Waals surface area contributed by atoms with Gasteiger partial charge in [-0.25, -0.2) is 15.0 Å². The molecule has 30 heavy (non-hydrogen) atoms. The van der Waals surface area contributed by atoms with Gasteiger partial charge < -0.3 is 20.1 Å². The Hall–Kier alpha value is -3.58. The molecular weight excluding hydrogens is 402 g/mol. The number of methoxy groups -OCH3 is 2. The first-order chi connectivity index (χ1) is 14.7. The highest BCUT2D eigenvalue weighted by Gasteiger charge is 2.10. The van der Waals surface area contributed by atoms with E-state index in [0.29, 0.717) is 34.8 Å².